The Bertz CT molecular complexity index is 1460. The van der Waals surface area contributed by atoms with Gasteiger partial charge in [0.1, 0.15) is 0 Å². The van der Waals surface area contributed by atoms with Crippen molar-refractivity contribution >= 4 is 75.4 Å². The molecule has 0 aromatic heterocycles. The minimum absolute atomic E-state index is 0.193. The molecule has 4 aromatic rings. The summed E-state index contributed by atoms with van der Waals surface area (Å²) in [4.78, 5) is 43.1. The van der Waals surface area contributed by atoms with Crippen LogP contribution in [0.2, 0.25) is 20.1 Å². The standard InChI is InChI=1S/C29H20Cl4N2O3/c1-34(25-13-11-17(30)15-21(25)27(36)19-7-3-5-9-23(19)32)29(38)35(2)26-14-12-18(31)16-22(26)28(37)20-8-4-6-10-24(20)33/h3-16H,1-2H3. The number of hydrogen-bond acceptors (Lipinski definition) is 3. The van der Waals surface area contributed by atoms with E-state index in [0.29, 0.717) is 21.4 Å². The molecule has 0 fully saturated rings. The van der Waals surface area contributed by atoms with Crippen LogP contribution in [-0.2, 0) is 0 Å². The van der Waals surface area contributed by atoms with Crippen molar-refractivity contribution in [1.82, 2.24) is 0 Å². The average molecular weight is 586 g/mol. The van der Waals surface area contributed by atoms with Crippen LogP contribution in [0.5, 0.6) is 0 Å². The van der Waals surface area contributed by atoms with Crippen LogP contribution < -0.4 is 9.80 Å². The first-order valence-corrected chi connectivity index (χ1v) is 12.8. The Hall–Kier alpha value is -3.35. The zero-order valence-electron chi connectivity index (χ0n) is 20.2. The summed E-state index contributed by atoms with van der Waals surface area (Å²) < 4.78 is 0. The number of rotatable bonds is 6. The fraction of sp³-hybridized carbons (Fsp3) is 0.0690. The summed E-state index contributed by atoms with van der Waals surface area (Å²) in [5.74, 6) is -0.784. The SMILES string of the molecule is CN(C(=O)N(C)c1ccc(Cl)cc1C(=O)c1ccccc1Cl)c1ccc(Cl)cc1C(=O)c1ccccc1Cl. The van der Waals surface area contributed by atoms with Crippen molar-refractivity contribution < 1.29 is 14.4 Å². The summed E-state index contributed by atoms with van der Waals surface area (Å²) in [6, 6.07) is 22.0. The van der Waals surface area contributed by atoms with Gasteiger partial charge >= 0.3 is 6.03 Å². The number of benzene rings is 4. The lowest BCUT2D eigenvalue weighted by Crippen LogP contribution is -2.40. The zero-order valence-corrected chi connectivity index (χ0v) is 23.2. The predicted molar refractivity (Wildman–Crippen MR) is 155 cm³/mol. The van der Waals surface area contributed by atoms with Gasteiger partial charge in [-0.05, 0) is 60.7 Å². The maximum Gasteiger partial charge on any atom is 0.328 e. The second kappa shape index (κ2) is 11.6. The van der Waals surface area contributed by atoms with Crippen LogP contribution in [0, 0.1) is 0 Å². The number of halogens is 4. The third kappa shape index (κ3) is 5.57. The molecule has 38 heavy (non-hydrogen) atoms. The van der Waals surface area contributed by atoms with Gasteiger partial charge in [-0.3, -0.25) is 19.4 Å². The van der Waals surface area contributed by atoms with Gasteiger partial charge in [-0.25, -0.2) is 4.79 Å². The van der Waals surface area contributed by atoms with Gasteiger partial charge in [0, 0.05) is 46.4 Å². The van der Waals surface area contributed by atoms with Crippen molar-refractivity contribution in [2.45, 2.75) is 0 Å². The summed E-state index contributed by atoms with van der Waals surface area (Å²) in [5.41, 5.74) is 1.55. The number of amides is 2. The lowest BCUT2D eigenvalue weighted by molar-refractivity contribution is 0.103. The van der Waals surface area contributed by atoms with E-state index in [1.54, 1.807) is 72.8 Å². The molecule has 0 N–H and O–H groups in total. The topological polar surface area (TPSA) is 57.7 Å². The fourth-order valence-electron chi connectivity index (χ4n) is 3.98. The molecule has 0 aliphatic carbocycles. The fourth-order valence-corrected chi connectivity index (χ4v) is 4.76. The van der Waals surface area contributed by atoms with Crippen LogP contribution in [0.15, 0.2) is 84.9 Å². The maximum absolute atomic E-state index is 13.7. The Kier molecular flexibility index (Phi) is 8.44. The highest BCUT2D eigenvalue weighted by molar-refractivity contribution is 6.37. The Balaban J connectivity index is 1.73. The van der Waals surface area contributed by atoms with Crippen molar-refractivity contribution in [3.05, 3.63) is 127 Å². The molecule has 4 aromatic carbocycles. The Morgan fingerprint density at radius 3 is 1.26 bits per heavy atom. The zero-order chi connectivity index (χ0) is 27.6. The van der Waals surface area contributed by atoms with Crippen LogP contribution in [0.1, 0.15) is 31.8 Å². The molecule has 0 aliphatic rings. The highest BCUT2D eigenvalue weighted by Crippen LogP contribution is 2.32. The molecule has 0 saturated carbocycles. The van der Waals surface area contributed by atoms with E-state index >= 15 is 0 Å². The highest BCUT2D eigenvalue weighted by atomic mass is 35.5. The minimum atomic E-state index is -0.518. The van der Waals surface area contributed by atoms with Crippen LogP contribution in [0.25, 0.3) is 0 Å². The lowest BCUT2D eigenvalue weighted by atomic mass is 10.0. The lowest BCUT2D eigenvalue weighted by Gasteiger charge is -2.28. The number of hydrogen-bond donors (Lipinski definition) is 0. The molecule has 9 heteroatoms. The van der Waals surface area contributed by atoms with E-state index in [1.807, 2.05) is 0 Å². The quantitative estimate of drug-likeness (QED) is 0.213. The molecule has 4 rings (SSSR count). The van der Waals surface area contributed by atoms with Gasteiger partial charge in [-0.15, -0.1) is 0 Å². The van der Waals surface area contributed by atoms with Gasteiger partial charge in [-0.2, -0.15) is 0 Å². The Morgan fingerprint density at radius 1 is 0.526 bits per heavy atom. The second-order valence-corrected chi connectivity index (χ2v) is 10.0. The first-order valence-electron chi connectivity index (χ1n) is 11.3. The molecule has 192 valence electrons. The second-order valence-electron chi connectivity index (χ2n) is 8.34. The van der Waals surface area contributed by atoms with E-state index in [1.165, 1.54) is 36.0 Å². The van der Waals surface area contributed by atoms with Crippen molar-refractivity contribution in [3.8, 4) is 0 Å². The molecule has 0 unspecified atom stereocenters. The molecule has 0 heterocycles. The van der Waals surface area contributed by atoms with Gasteiger partial charge in [0.2, 0.25) is 0 Å². The largest absolute Gasteiger partial charge is 0.328 e. The monoisotopic (exact) mass is 584 g/mol. The average Bonchev–Trinajstić information content (AvgIpc) is 2.91. The van der Waals surface area contributed by atoms with Crippen molar-refractivity contribution in [1.29, 1.82) is 0 Å². The van der Waals surface area contributed by atoms with E-state index in [9.17, 15) is 14.4 Å². The first kappa shape index (κ1) is 27.7. The normalized spacial score (nSPS) is 10.7. The van der Waals surface area contributed by atoms with Crippen molar-refractivity contribution in [3.63, 3.8) is 0 Å². The molecule has 0 spiro atoms. The number of ketones is 2. The van der Waals surface area contributed by atoms with Gasteiger partial charge in [0.25, 0.3) is 0 Å². The minimum Gasteiger partial charge on any atom is -0.296 e. The molecule has 2 amide bonds. The van der Waals surface area contributed by atoms with Crippen molar-refractivity contribution in [2.24, 2.45) is 0 Å². The maximum atomic E-state index is 13.7. The molecule has 0 saturated heterocycles. The van der Waals surface area contributed by atoms with Gasteiger partial charge in [0.15, 0.2) is 11.6 Å². The highest BCUT2D eigenvalue weighted by Gasteiger charge is 2.27. The summed E-state index contributed by atoms with van der Waals surface area (Å²) in [7, 11) is 3.05. The van der Waals surface area contributed by atoms with E-state index in [0.717, 1.165) is 0 Å². The molecule has 0 bridgehead atoms. The number of urea groups is 1. The van der Waals surface area contributed by atoms with E-state index in [-0.39, 0.29) is 32.3 Å². The van der Waals surface area contributed by atoms with Crippen LogP contribution in [0.3, 0.4) is 0 Å². The summed E-state index contributed by atoms with van der Waals surface area (Å²) in [6.45, 7) is 0. The Labute approximate surface area is 240 Å². The number of carbonyl (C=O) groups is 3. The summed E-state index contributed by atoms with van der Waals surface area (Å²) >= 11 is 24.9. The summed E-state index contributed by atoms with van der Waals surface area (Å²) in [6.07, 6.45) is 0. The molecule has 5 nitrogen and oxygen atoms in total. The van der Waals surface area contributed by atoms with E-state index < -0.39 is 17.6 Å². The van der Waals surface area contributed by atoms with Crippen LogP contribution >= 0.6 is 46.4 Å². The molecular formula is C29H20Cl4N2O3. The van der Waals surface area contributed by atoms with E-state index in [4.69, 9.17) is 46.4 Å². The van der Waals surface area contributed by atoms with Crippen LogP contribution in [0.4, 0.5) is 16.2 Å². The molecule has 0 aliphatic heterocycles. The molecule has 0 atom stereocenters. The molecular weight excluding hydrogens is 566 g/mol. The van der Waals surface area contributed by atoms with Gasteiger partial charge in [0.05, 0.1) is 21.4 Å². The molecule has 0 radical (unpaired) electrons. The van der Waals surface area contributed by atoms with Crippen LogP contribution in [-0.4, -0.2) is 31.7 Å². The Morgan fingerprint density at radius 2 is 0.895 bits per heavy atom. The number of carbonyl (C=O) groups excluding carboxylic acids is 3. The predicted octanol–water partition coefficient (Wildman–Crippen LogP) is 8.45. The smallest absolute Gasteiger partial charge is 0.296 e. The number of nitrogens with zero attached hydrogens (tertiary/aromatic N) is 2. The van der Waals surface area contributed by atoms with Gasteiger partial charge < -0.3 is 0 Å². The number of anilines is 2. The summed E-state index contributed by atoms with van der Waals surface area (Å²) in [5, 5.41) is 1.20. The first-order chi connectivity index (χ1) is 18.1. The third-order valence-electron chi connectivity index (χ3n) is 5.94. The third-order valence-corrected chi connectivity index (χ3v) is 7.07. The van der Waals surface area contributed by atoms with Crippen molar-refractivity contribution in [2.75, 3.05) is 23.9 Å². The van der Waals surface area contributed by atoms with Gasteiger partial charge in [-0.1, -0.05) is 70.7 Å². The van der Waals surface area contributed by atoms with E-state index in [2.05, 4.69) is 0 Å².